The molecule has 2 heterocycles. The predicted octanol–water partition coefficient (Wildman–Crippen LogP) is 1.52. The normalized spacial score (nSPS) is 18.2. The molecule has 3 amide bonds. The van der Waals surface area contributed by atoms with Gasteiger partial charge in [0.05, 0.1) is 19.6 Å². The van der Waals surface area contributed by atoms with Crippen LogP contribution in [0.25, 0.3) is 0 Å². The summed E-state index contributed by atoms with van der Waals surface area (Å²) in [5.41, 5.74) is 1.12. The molecule has 10 heteroatoms. The lowest BCUT2D eigenvalue weighted by atomic mass is 10.0. The number of carbonyl (C=O) groups excluding carboxylic acids is 2. The number of imide groups is 1. The third kappa shape index (κ3) is 7.08. The molecule has 2 aliphatic heterocycles. The van der Waals surface area contributed by atoms with Crippen molar-refractivity contribution < 1.29 is 14.0 Å². The van der Waals surface area contributed by atoms with E-state index < -0.39 is 0 Å². The highest BCUT2D eigenvalue weighted by Gasteiger charge is 2.27. The fraction of sp³-hybridized carbons (Fsp3) is 0.550. The van der Waals surface area contributed by atoms with Crippen LogP contribution < -0.4 is 16.0 Å². The Morgan fingerprint density at radius 2 is 1.93 bits per heavy atom. The zero-order valence-corrected chi connectivity index (χ0v) is 19.5. The number of amides is 3. The molecule has 3 N–H and O–H groups in total. The minimum atomic E-state index is -0.350. The monoisotopic (exact) mass is 532 g/mol. The van der Waals surface area contributed by atoms with Gasteiger partial charge in [0.15, 0.2) is 5.96 Å². The Hall–Kier alpha value is -1.95. The van der Waals surface area contributed by atoms with Crippen molar-refractivity contribution in [2.75, 3.05) is 39.3 Å². The Kier molecular flexibility index (Phi) is 9.76. The summed E-state index contributed by atoms with van der Waals surface area (Å²) in [6.45, 7) is 6.17. The van der Waals surface area contributed by atoms with Gasteiger partial charge >= 0.3 is 6.03 Å². The van der Waals surface area contributed by atoms with Crippen LogP contribution in [0.5, 0.6) is 0 Å². The first-order valence-electron chi connectivity index (χ1n) is 10.1. The number of aliphatic imine (C=N–C) groups is 1. The van der Waals surface area contributed by atoms with Crippen LogP contribution in [0.1, 0.15) is 25.3 Å². The third-order valence-electron chi connectivity index (χ3n) is 5.12. The lowest BCUT2D eigenvalue weighted by molar-refractivity contribution is -0.124. The van der Waals surface area contributed by atoms with Gasteiger partial charge in [-0.05, 0) is 37.5 Å². The molecule has 0 unspecified atom stereocenters. The van der Waals surface area contributed by atoms with E-state index >= 15 is 0 Å². The second kappa shape index (κ2) is 12.0. The standard InChI is InChI=1S/C20H29FN6O2.HI/c1-2-22-19(23-9-12-27-18(28)13-24-20(27)29)25-17-7-10-26(11-8-17)14-15-3-5-16(21)6-4-15;/h3-6,17H,2,7-14H2,1H3,(H,24,29)(H2,22,23,25);1H. The number of carbonyl (C=O) groups is 2. The van der Waals surface area contributed by atoms with Crippen LogP contribution in [0, 0.1) is 5.82 Å². The van der Waals surface area contributed by atoms with Crippen LogP contribution in [0.3, 0.4) is 0 Å². The smallest absolute Gasteiger partial charge is 0.324 e. The maximum Gasteiger partial charge on any atom is 0.324 e. The molecule has 0 radical (unpaired) electrons. The highest BCUT2D eigenvalue weighted by atomic mass is 127. The van der Waals surface area contributed by atoms with Crippen LogP contribution in [-0.4, -0.2) is 73.0 Å². The van der Waals surface area contributed by atoms with Crippen LogP contribution in [0.15, 0.2) is 29.3 Å². The van der Waals surface area contributed by atoms with Gasteiger partial charge in [-0.3, -0.25) is 19.6 Å². The lowest BCUT2D eigenvalue weighted by Gasteiger charge is -2.33. The highest BCUT2D eigenvalue weighted by molar-refractivity contribution is 14.0. The molecule has 0 saturated carbocycles. The SMILES string of the molecule is CCNC(=NCCN1C(=O)CNC1=O)NC1CCN(Cc2ccc(F)cc2)CC1.I. The van der Waals surface area contributed by atoms with Gasteiger partial charge in [0, 0.05) is 32.2 Å². The zero-order valence-electron chi connectivity index (χ0n) is 17.2. The number of benzene rings is 1. The van der Waals surface area contributed by atoms with Gasteiger partial charge in [-0.2, -0.15) is 0 Å². The van der Waals surface area contributed by atoms with Gasteiger partial charge in [0.2, 0.25) is 5.91 Å². The Bertz CT molecular complexity index is 721. The quantitative estimate of drug-likeness (QED) is 0.215. The van der Waals surface area contributed by atoms with Crippen LogP contribution in [0.4, 0.5) is 9.18 Å². The molecule has 0 aliphatic carbocycles. The molecule has 0 bridgehead atoms. The molecule has 166 valence electrons. The van der Waals surface area contributed by atoms with Crippen LogP contribution in [0.2, 0.25) is 0 Å². The first-order chi connectivity index (χ1) is 14.0. The molecular formula is C20H30FIN6O2. The molecule has 8 nitrogen and oxygen atoms in total. The molecule has 0 aromatic heterocycles. The van der Waals surface area contributed by atoms with Gasteiger partial charge in [-0.1, -0.05) is 12.1 Å². The van der Waals surface area contributed by atoms with Crippen molar-refractivity contribution in [3.05, 3.63) is 35.6 Å². The number of rotatable bonds is 7. The number of nitrogens with zero attached hydrogens (tertiary/aromatic N) is 3. The van der Waals surface area contributed by atoms with Crippen LogP contribution in [-0.2, 0) is 11.3 Å². The van der Waals surface area contributed by atoms with Crippen molar-refractivity contribution in [3.63, 3.8) is 0 Å². The Morgan fingerprint density at radius 3 is 2.53 bits per heavy atom. The summed E-state index contributed by atoms with van der Waals surface area (Å²) >= 11 is 0. The second-order valence-corrected chi connectivity index (χ2v) is 7.29. The molecule has 3 rings (SSSR count). The molecule has 2 aliphatic rings. The number of urea groups is 1. The van der Waals surface area contributed by atoms with E-state index in [0.29, 0.717) is 18.5 Å². The summed E-state index contributed by atoms with van der Waals surface area (Å²) in [6.07, 6.45) is 1.97. The van der Waals surface area contributed by atoms with E-state index in [4.69, 9.17) is 0 Å². The van der Waals surface area contributed by atoms with Crippen molar-refractivity contribution in [3.8, 4) is 0 Å². The summed E-state index contributed by atoms with van der Waals surface area (Å²) in [4.78, 5) is 31.3. The maximum atomic E-state index is 13.0. The maximum absolute atomic E-state index is 13.0. The molecular weight excluding hydrogens is 502 g/mol. The molecule has 30 heavy (non-hydrogen) atoms. The van der Waals surface area contributed by atoms with Crippen molar-refractivity contribution in [1.29, 1.82) is 0 Å². The molecule has 1 aromatic carbocycles. The van der Waals surface area contributed by atoms with Gasteiger partial charge in [0.25, 0.3) is 0 Å². The lowest BCUT2D eigenvalue weighted by Crippen LogP contribution is -2.48. The van der Waals surface area contributed by atoms with Gasteiger partial charge in [-0.25, -0.2) is 9.18 Å². The van der Waals surface area contributed by atoms with E-state index in [9.17, 15) is 14.0 Å². The number of halogens is 2. The zero-order chi connectivity index (χ0) is 20.6. The number of guanidine groups is 1. The van der Waals surface area contributed by atoms with E-state index in [0.717, 1.165) is 44.6 Å². The van der Waals surface area contributed by atoms with E-state index in [1.807, 2.05) is 19.1 Å². The average molecular weight is 532 g/mol. The predicted molar refractivity (Wildman–Crippen MR) is 124 cm³/mol. The van der Waals surface area contributed by atoms with Gasteiger partial charge < -0.3 is 16.0 Å². The first kappa shape index (κ1) is 24.3. The summed E-state index contributed by atoms with van der Waals surface area (Å²) in [7, 11) is 0. The minimum Gasteiger partial charge on any atom is -0.357 e. The second-order valence-electron chi connectivity index (χ2n) is 7.29. The molecule has 2 saturated heterocycles. The Labute approximate surface area is 193 Å². The van der Waals surface area contributed by atoms with Gasteiger partial charge in [-0.15, -0.1) is 24.0 Å². The average Bonchev–Trinajstić information content (AvgIpc) is 3.03. The molecule has 2 fully saturated rings. The van der Waals surface area contributed by atoms with Crippen molar-refractivity contribution >= 4 is 41.9 Å². The highest BCUT2D eigenvalue weighted by Crippen LogP contribution is 2.14. The number of likely N-dealkylation sites (tertiary alicyclic amines) is 1. The van der Waals surface area contributed by atoms with Crippen molar-refractivity contribution in [2.24, 2.45) is 4.99 Å². The van der Waals surface area contributed by atoms with Crippen molar-refractivity contribution in [2.45, 2.75) is 32.4 Å². The molecule has 0 spiro atoms. The Balaban J connectivity index is 0.00000320. The fourth-order valence-corrected chi connectivity index (χ4v) is 3.54. The summed E-state index contributed by atoms with van der Waals surface area (Å²) < 4.78 is 13.0. The van der Waals surface area contributed by atoms with Gasteiger partial charge in [0.1, 0.15) is 5.82 Å². The van der Waals surface area contributed by atoms with Crippen molar-refractivity contribution in [1.82, 2.24) is 25.8 Å². The van der Waals surface area contributed by atoms with Crippen LogP contribution >= 0.6 is 24.0 Å². The number of hydrogen-bond acceptors (Lipinski definition) is 4. The molecule has 1 aromatic rings. The van der Waals surface area contributed by atoms with E-state index in [1.165, 1.54) is 17.0 Å². The number of piperidine rings is 1. The largest absolute Gasteiger partial charge is 0.357 e. The summed E-state index contributed by atoms with van der Waals surface area (Å²) in [6, 6.07) is 6.64. The van der Waals surface area contributed by atoms with E-state index in [-0.39, 0.29) is 54.8 Å². The first-order valence-corrected chi connectivity index (χ1v) is 10.1. The van der Waals surface area contributed by atoms with E-state index in [1.54, 1.807) is 0 Å². The third-order valence-corrected chi connectivity index (χ3v) is 5.12. The van der Waals surface area contributed by atoms with E-state index in [2.05, 4.69) is 25.8 Å². The number of hydrogen-bond donors (Lipinski definition) is 3. The number of nitrogens with one attached hydrogen (secondary N) is 3. The minimum absolute atomic E-state index is 0. The summed E-state index contributed by atoms with van der Waals surface area (Å²) in [5.74, 6) is 0.287. The summed E-state index contributed by atoms with van der Waals surface area (Å²) in [5, 5.41) is 9.18. The topological polar surface area (TPSA) is 89.1 Å². The fourth-order valence-electron chi connectivity index (χ4n) is 3.54. The molecule has 0 atom stereocenters. The Morgan fingerprint density at radius 1 is 1.23 bits per heavy atom.